The maximum Gasteiger partial charge on any atom is 0.224 e. The molecule has 1 aromatic carbocycles. The number of methoxy groups -OCH3 is 1. The third kappa shape index (κ3) is 3.84. The van der Waals surface area contributed by atoms with E-state index in [4.69, 9.17) is 10.5 Å². The predicted octanol–water partition coefficient (Wildman–Crippen LogP) is 2.67. The molecule has 0 aliphatic rings. The summed E-state index contributed by atoms with van der Waals surface area (Å²) in [6.07, 6.45) is 8.40. The largest absolute Gasteiger partial charge is 0.480 e. The summed E-state index contributed by atoms with van der Waals surface area (Å²) in [6, 6.07) is 8.45. The fraction of sp³-hybridized carbons (Fsp3) is 0.182. The smallest absolute Gasteiger partial charge is 0.224 e. The molecular formula is C22H20FN9O. The number of fused-ring (bicyclic) bond motifs is 1. The predicted molar refractivity (Wildman–Crippen MR) is 118 cm³/mol. The van der Waals surface area contributed by atoms with E-state index in [2.05, 4.69) is 30.4 Å². The van der Waals surface area contributed by atoms with E-state index < -0.39 is 0 Å². The lowest BCUT2D eigenvalue weighted by molar-refractivity contribution is 0.398. The Morgan fingerprint density at radius 1 is 1.09 bits per heavy atom. The lowest BCUT2D eigenvalue weighted by Crippen LogP contribution is -2.03. The van der Waals surface area contributed by atoms with Crippen LogP contribution in [0.25, 0.3) is 22.3 Å². The second-order valence-electron chi connectivity index (χ2n) is 7.36. The Balaban J connectivity index is 1.39. The summed E-state index contributed by atoms with van der Waals surface area (Å²) in [5, 5.41) is 12.6. The van der Waals surface area contributed by atoms with Crippen molar-refractivity contribution in [1.82, 2.24) is 39.6 Å². The zero-order chi connectivity index (χ0) is 22.8. The van der Waals surface area contributed by atoms with Gasteiger partial charge in [0.05, 0.1) is 24.6 Å². The minimum Gasteiger partial charge on any atom is -0.480 e. The van der Waals surface area contributed by atoms with Gasteiger partial charge in [-0.05, 0) is 37.5 Å². The van der Waals surface area contributed by atoms with Crippen molar-refractivity contribution in [3.05, 3.63) is 72.6 Å². The molecule has 166 valence electrons. The van der Waals surface area contributed by atoms with Crippen LogP contribution in [0.3, 0.4) is 0 Å². The number of anilines is 1. The third-order valence-electron chi connectivity index (χ3n) is 5.32. The highest BCUT2D eigenvalue weighted by molar-refractivity contribution is 5.89. The van der Waals surface area contributed by atoms with Gasteiger partial charge >= 0.3 is 0 Å². The van der Waals surface area contributed by atoms with E-state index >= 15 is 0 Å². The van der Waals surface area contributed by atoms with Crippen molar-refractivity contribution in [1.29, 1.82) is 0 Å². The summed E-state index contributed by atoms with van der Waals surface area (Å²) in [5.41, 5.74) is 10.4. The van der Waals surface area contributed by atoms with Crippen molar-refractivity contribution in [3.63, 3.8) is 0 Å². The SMILES string of the molecule is COc1ncncc1-c1cc(CCCc2cn(-c3ccccc3F)nn2)n2ncnc(N)c12. The number of nitrogens with zero attached hydrogens (tertiary/aromatic N) is 8. The number of hydrogen-bond acceptors (Lipinski definition) is 8. The van der Waals surface area contributed by atoms with Gasteiger partial charge in [0.1, 0.15) is 29.7 Å². The number of aromatic nitrogens is 8. The van der Waals surface area contributed by atoms with Crippen LogP contribution in [-0.2, 0) is 12.8 Å². The molecule has 0 saturated heterocycles. The van der Waals surface area contributed by atoms with Crippen molar-refractivity contribution >= 4 is 11.3 Å². The highest BCUT2D eigenvalue weighted by Gasteiger charge is 2.19. The van der Waals surface area contributed by atoms with E-state index in [1.54, 1.807) is 42.2 Å². The maximum atomic E-state index is 14.0. The number of hydrogen-bond donors (Lipinski definition) is 1. The van der Waals surface area contributed by atoms with Crippen molar-refractivity contribution < 1.29 is 9.13 Å². The number of ether oxygens (including phenoxy) is 1. The van der Waals surface area contributed by atoms with E-state index in [1.807, 2.05) is 6.07 Å². The number of benzene rings is 1. The monoisotopic (exact) mass is 445 g/mol. The lowest BCUT2D eigenvalue weighted by atomic mass is 10.1. The fourth-order valence-corrected chi connectivity index (χ4v) is 3.80. The quantitative estimate of drug-likeness (QED) is 0.406. The summed E-state index contributed by atoms with van der Waals surface area (Å²) in [4.78, 5) is 12.5. The van der Waals surface area contributed by atoms with Gasteiger partial charge in [0.25, 0.3) is 0 Å². The van der Waals surface area contributed by atoms with Crippen molar-refractivity contribution in [2.45, 2.75) is 19.3 Å². The van der Waals surface area contributed by atoms with Gasteiger partial charge in [0.15, 0.2) is 5.82 Å². The molecule has 0 unspecified atom stereocenters. The van der Waals surface area contributed by atoms with Gasteiger partial charge in [0.2, 0.25) is 5.88 Å². The summed E-state index contributed by atoms with van der Waals surface area (Å²) >= 11 is 0. The standard InChI is InChI=1S/C22H20FN9O/c1-33-22-17(10-25-12-27-22)16-9-15(32-20(16)21(24)26-13-28-32)6-4-5-14-11-31(30-29-14)19-8-3-2-7-18(19)23/h2-3,7-13H,4-6H2,1H3,(H2,24,26,28). The fourth-order valence-electron chi connectivity index (χ4n) is 3.80. The number of para-hydroxylation sites is 1. The Morgan fingerprint density at radius 2 is 1.97 bits per heavy atom. The van der Waals surface area contributed by atoms with Crippen LogP contribution in [0.4, 0.5) is 10.2 Å². The number of aryl methyl sites for hydroxylation is 2. The molecule has 0 saturated carbocycles. The second-order valence-corrected chi connectivity index (χ2v) is 7.36. The molecule has 0 fully saturated rings. The van der Waals surface area contributed by atoms with Crippen LogP contribution in [0, 0.1) is 5.82 Å². The molecule has 5 rings (SSSR count). The van der Waals surface area contributed by atoms with Gasteiger partial charge in [-0.2, -0.15) is 5.10 Å². The van der Waals surface area contributed by atoms with E-state index in [0.29, 0.717) is 41.3 Å². The molecule has 0 atom stereocenters. The van der Waals surface area contributed by atoms with Crippen LogP contribution in [0.15, 0.2) is 55.4 Å². The Labute approximate surface area is 187 Å². The van der Waals surface area contributed by atoms with Gasteiger partial charge in [-0.3, -0.25) is 0 Å². The van der Waals surface area contributed by atoms with Gasteiger partial charge in [-0.25, -0.2) is 28.5 Å². The molecule has 2 N–H and O–H groups in total. The minimum atomic E-state index is -0.348. The summed E-state index contributed by atoms with van der Waals surface area (Å²) in [6.45, 7) is 0. The van der Waals surface area contributed by atoms with Crippen LogP contribution < -0.4 is 10.5 Å². The number of nitrogen functional groups attached to an aromatic ring is 1. The summed E-state index contributed by atoms with van der Waals surface area (Å²) in [5.74, 6) is 0.445. The molecule has 0 aliphatic carbocycles. The van der Waals surface area contributed by atoms with Crippen molar-refractivity contribution in [3.8, 4) is 22.7 Å². The molecule has 5 aromatic rings. The first-order valence-corrected chi connectivity index (χ1v) is 10.3. The molecule has 11 heteroatoms. The highest BCUT2D eigenvalue weighted by atomic mass is 19.1. The third-order valence-corrected chi connectivity index (χ3v) is 5.32. The molecule has 10 nitrogen and oxygen atoms in total. The van der Waals surface area contributed by atoms with E-state index in [-0.39, 0.29) is 5.82 Å². The normalized spacial score (nSPS) is 11.2. The summed E-state index contributed by atoms with van der Waals surface area (Å²) in [7, 11) is 1.55. The van der Waals surface area contributed by atoms with Gasteiger partial charge in [0, 0.05) is 17.5 Å². The minimum absolute atomic E-state index is 0.348. The molecular weight excluding hydrogens is 425 g/mol. The van der Waals surface area contributed by atoms with E-state index in [0.717, 1.165) is 23.4 Å². The van der Waals surface area contributed by atoms with Gasteiger partial charge < -0.3 is 10.5 Å². The van der Waals surface area contributed by atoms with Gasteiger partial charge in [-0.1, -0.05) is 17.3 Å². The van der Waals surface area contributed by atoms with Crippen LogP contribution in [0.2, 0.25) is 0 Å². The average molecular weight is 445 g/mol. The van der Waals surface area contributed by atoms with Crippen molar-refractivity contribution in [2.75, 3.05) is 12.8 Å². The van der Waals surface area contributed by atoms with Gasteiger partial charge in [-0.15, -0.1) is 5.10 Å². The summed E-state index contributed by atoms with van der Waals surface area (Å²) < 4.78 is 22.6. The second kappa shape index (κ2) is 8.61. The molecule has 33 heavy (non-hydrogen) atoms. The van der Waals surface area contributed by atoms with E-state index in [1.165, 1.54) is 23.4 Å². The zero-order valence-corrected chi connectivity index (χ0v) is 17.8. The molecule has 0 aliphatic heterocycles. The number of nitrogens with two attached hydrogens (primary N) is 1. The zero-order valence-electron chi connectivity index (χ0n) is 17.8. The van der Waals surface area contributed by atoms with Crippen LogP contribution in [0.1, 0.15) is 17.8 Å². The van der Waals surface area contributed by atoms with E-state index in [9.17, 15) is 4.39 Å². The van der Waals surface area contributed by atoms with Crippen LogP contribution in [-0.4, -0.2) is 46.7 Å². The lowest BCUT2D eigenvalue weighted by Gasteiger charge is -2.06. The number of rotatable bonds is 7. The highest BCUT2D eigenvalue weighted by Crippen LogP contribution is 2.34. The number of halogens is 1. The first-order valence-electron chi connectivity index (χ1n) is 10.3. The first-order chi connectivity index (χ1) is 16.2. The Morgan fingerprint density at radius 3 is 2.82 bits per heavy atom. The average Bonchev–Trinajstić information content (AvgIpc) is 3.45. The molecule has 4 heterocycles. The molecule has 0 spiro atoms. The first kappa shape index (κ1) is 20.5. The molecule has 0 amide bonds. The maximum absolute atomic E-state index is 14.0. The topological polar surface area (TPSA) is 122 Å². The van der Waals surface area contributed by atoms with Crippen molar-refractivity contribution in [2.24, 2.45) is 0 Å². The molecule has 0 radical (unpaired) electrons. The van der Waals surface area contributed by atoms with Crippen LogP contribution in [0.5, 0.6) is 5.88 Å². The Bertz CT molecular complexity index is 1430. The Kier molecular flexibility index (Phi) is 5.35. The molecule has 0 bridgehead atoms. The Hall–Kier alpha value is -4.41. The van der Waals surface area contributed by atoms with Crippen LogP contribution >= 0.6 is 0 Å². The molecule has 4 aromatic heterocycles.